The van der Waals surface area contributed by atoms with Crippen molar-refractivity contribution >= 4 is 22.8 Å². The minimum atomic E-state index is -0.737. The second-order valence-electron chi connectivity index (χ2n) is 5.21. The molecule has 2 N–H and O–H groups in total. The minimum absolute atomic E-state index is 0.0837. The first-order valence-corrected chi connectivity index (χ1v) is 6.79. The summed E-state index contributed by atoms with van der Waals surface area (Å²) in [7, 11) is 1.82. The van der Waals surface area contributed by atoms with Crippen molar-refractivity contribution in [3.05, 3.63) is 12.5 Å². The molecule has 2 unspecified atom stereocenters. The highest BCUT2D eigenvalue weighted by molar-refractivity contribution is 5.86. The third-order valence-corrected chi connectivity index (χ3v) is 3.93. The highest BCUT2D eigenvalue weighted by Crippen LogP contribution is 2.28. The van der Waals surface area contributed by atoms with Crippen LogP contribution >= 0.6 is 0 Å². The van der Waals surface area contributed by atoms with Gasteiger partial charge in [-0.05, 0) is 12.8 Å². The standard InChI is InChI=1S/C13H17N5O2/c1-18-12-9(6-16-18)11(14-7-15-12)17-10-5-3-2-4-8(10)13(19)20/h6-8,10H,2-5H2,1H3,(H,19,20)(H,14,15,17). The molecular weight excluding hydrogens is 258 g/mol. The van der Waals surface area contributed by atoms with Crippen LogP contribution in [-0.4, -0.2) is 36.9 Å². The van der Waals surface area contributed by atoms with Crippen molar-refractivity contribution in [2.75, 3.05) is 5.32 Å². The Kier molecular flexibility index (Phi) is 3.25. The normalized spacial score (nSPS) is 22.9. The first kappa shape index (κ1) is 12.8. The Balaban J connectivity index is 1.90. The second-order valence-corrected chi connectivity index (χ2v) is 5.21. The van der Waals surface area contributed by atoms with Gasteiger partial charge in [-0.15, -0.1) is 0 Å². The maximum atomic E-state index is 11.3. The lowest BCUT2D eigenvalue weighted by Gasteiger charge is -2.29. The molecule has 2 heterocycles. The van der Waals surface area contributed by atoms with Gasteiger partial charge in [0.15, 0.2) is 5.65 Å². The number of aryl methyl sites for hydroxylation is 1. The second kappa shape index (κ2) is 5.07. The van der Waals surface area contributed by atoms with Crippen LogP contribution in [-0.2, 0) is 11.8 Å². The number of nitrogens with one attached hydrogen (secondary N) is 1. The van der Waals surface area contributed by atoms with Gasteiger partial charge < -0.3 is 10.4 Å². The molecule has 20 heavy (non-hydrogen) atoms. The topological polar surface area (TPSA) is 92.9 Å². The summed E-state index contributed by atoms with van der Waals surface area (Å²) >= 11 is 0. The van der Waals surface area contributed by atoms with E-state index in [0.717, 1.165) is 30.3 Å². The Hall–Kier alpha value is -2.18. The lowest BCUT2D eigenvalue weighted by molar-refractivity contribution is -0.143. The molecular formula is C13H17N5O2. The lowest BCUT2D eigenvalue weighted by Crippen LogP contribution is -2.37. The number of nitrogens with zero attached hydrogens (tertiary/aromatic N) is 4. The van der Waals surface area contributed by atoms with Gasteiger partial charge in [0.1, 0.15) is 12.1 Å². The van der Waals surface area contributed by atoms with E-state index in [1.165, 1.54) is 6.33 Å². The van der Waals surface area contributed by atoms with Crippen LogP contribution in [0.15, 0.2) is 12.5 Å². The van der Waals surface area contributed by atoms with Crippen LogP contribution in [0.1, 0.15) is 25.7 Å². The van der Waals surface area contributed by atoms with E-state index in [4.69, 9.17) is 0 Å². The highest BCUT2D eigenvalue weighted by Gasteiger charge is 2.31. The molecule has 0 spiro atoms. The number of hydrogen-bond acceptors (Lipinski definition) is 5. The summed E-state index contributed by atoms with van der Waals surface area (Å²) in [6, 6.07) is -0.0837. The maximum Gasteiger partial charge on any atom is 0.308 e. The van der Waals surface area contributed by atoms with Crippen molar-refractivity contribution in [1.29, 1.82) is 0 Å². The van der Waals surface area contributed by atoms with E-state index >= 15 is 0 Å². The number of anilines is 1. The van der Waals surface area contributed by atoms with Crippen LogP contribution in [0, 0.1) is 5.92 Å². The predicted molar refractivity (Wildman–Crippen MR) is 73.3 cm³/mol. The van der Waals surface area contributed by atoms with Gasteiger partial charge >= 0.3 is 5.97 Å². The largest absolute Gasteiger partial charge is 0.481 e. The monoisotopic (exact) mass is 275 g/mol. The molecule has 3 rings (SSSR count). The first-order valence-electron chi connectivity index (χ1n) is 6.79. The van der Waals surface area contributed by atoms with E-state index in [1.54, 1.807) is 10.9 Å². The van der Waals surface area contributed by atoms with Crippen LogP contribution in [0.3, 0.4) is 0 Å². The average Bonchev–Trinajstić information content (AvgIpc) is 2.82. The Morgan fingerprint density at radius 3 is 3.00 bits per heavy atom. The van der Waals surface area contributed by atoms with Crippen LogP contribution in [0.25, 0.3) is 11.0 Å². The van der Waals surface area contributed by atoms with E-state index in [1.807, 2.05) is 7.05 Å². The fourth-order valence-electron chi connectivity index (χ4n) is 2.85. The summed E-state index contributed by atoms with van der Waals surface area (Å²) in [4.78, 5) is 19.8. The Morgan fingerprint density at radius 1 is 1.40 bits per heavy atom. The van der Waals surface area contributed by atoms with Crippen molar-refractivity contribution in [1.82, 2.24) is 19.7 Å². The van der Waals surface area contributed by atoms with E-state index in [2.05, 4.69) is 20.4 Å². The summed E-state index contributed by atoms with van der Waals surface area (Å²) in [5, 5.41) is 17.6. The van der Waals surface area contributed by atoms with Crippen LogP contribution in [0.5, 0.6) is 0 Å². The first-order chi connectivity index (χ1) is 9.66. The number of aromatic nitrogens is 4. The van der Waals surface area contributed by atoms with E-state index in [9.17, 15) is 9.90 Å². The quantitative estimate of drug-likeness (QED) is 0.880. The number of fused-ring (bicyclic) bond motifs is 1. The molecule has 1 saturated carbocycles. The van der Waals surface area contributed by atoms with Crippen molar-refractivity contribution < 1.29 is 9.90 Å². The molecule has 1 fully saturated rings. The predicted octanol–water partition coefficient (Wildman–Crippen LogP) is 1.42. The molecule has 0 saturated heterocycles. The average molecular weight is 275 g/mol. The molecule has 0 bridgehead atoms. The van der Waals surface area contributed by atoms with Gasteiger partial charge in [-0.2, -0.15) is 5.10 Å². The van der Waals surface area contributed by atoms with Crippen LogP contribution in [0.2, 0.25) is 0 Å². The lowest BCUT2D eigenvalue weighted by atomic mass is 9.84. The molecule has 1 aliphatic rings. The van der Waals surface area contributed by atoms with Crippen LogP contribution < -0.4 is 5.32 Å². The highest BCUT2D eigenvalue weighted by atomic mass is 16.4. The fourth-order valence-corrected chi connectivity index (χ4v) is 2.85. The molecule has 106 valence electrons. The SMILES string of the molecule is Cn1ncc2c(NC3CCCCC3C(=O)O)ncnc21. The molecule has 7 nitrogen and oxygen atoms in total. The molecule has 2 aromatic rings. The van der Waals surface area contributed by atoms with Gasteiger partial charge in [0.25, 0.3) is 0 Å². The van der Waals surface area contributed by atoms with Gasteiger partial charge in [0.2, 0.25) is 0 Å². The molecule has 0 aliphatic heterocycles. The minimum Gasteiger partial charge on any atom is -0.481 e. The third-order valence-electron chi connectivity index (χ3n) is 3.93. The molecule has 2 aromatic heterocycles. The number of carboxylic acids is 1. The third kappa shape index (κ3) is 2.19. The summed E-state index contributed by atoms with van der Waals surface area (Å²) in [6.07, 6.45) is 6.77. The summed E-state index contributed by atoms with van der Waals surface area (Å²) in [6.45, 7) is 0. The van der Waals surface area contributed by atoms with Crippen molar-refractivity contribution in [2.45, 2.75) is 31.7 Å². The van der Waals surface area contributed by atoms with Gasteiger partial charge in [0, 0.05) is 13.1 Å². The Morgan fingerprint density at radius 2 is 2.20 bits per heavy atom. The summed E-state index contributed by atoms with van der Waals surface area (Å²) < 4.78 is 1.68. The molecule has 2 atom stereocenters. The van der Waals surface area contributed by atoms with E-state index in [-0.39, 0.29) is 12.0 Å². The van der Waals surface area contributed by atoms with Gasteiger partial charge in [-0.1, -0.05) is 12.8 Å². The zero-order valence-electron chi connectivity index (χ0n) is 11.3. The maximum absolute atomic E-state index is 11.3. The number of rotatable bonds is 3. The van der Waals surface area contributed by atoms with Crippen molar-refractivity contribution in [3.8, 4) is 0 Å². The van der Waals surface area contributed by atoms with Crippen LogP contribution in [0.4, 0.5) is 5.82 Å². The Labute approximate surface area is 116 Å². The number of carbonyl (C=O) groups is 1. The molecule has 0 radical (unpaired) electrons. The number of hydrogen-bond donors (Lipinski definition) is 2. The van der Waals surface area contributed by atoms with E-state index < -0.39 is 5.97 Å². The number of carboxylic acid groups (broad SMARTS) is 1. The molecule has 0 aromatic carbocycles. The zero-order valence-corrected chi connectivity index (χ0v) is 11.3. The van der Waals surface area contributed by atoms with Crippen molar-refractivity contribution in [2.24, 2.45) is 13.0 Å². The smallest absolute Gasteiger partial charge is 0.308 e. The van der Waals surface area contributed by atoms with Crippen molar-refractivity contribution in [3.63, 3.8) is 0 Å². The zero-order chi connectivity index (χ0) is 14.1. The van der Waals surface area contributed by atoms with Gasteiger partial charge in [-0.3, -0.25) is 9.48 Å². The summed E-state index contributed by atoms with van der Waals surface area (Å²) in [5.74, 6) is -0.426. The summed E-state index contributed by atoms with van der Waals surface area (Å²) in [5.41, 5.74) is 0.741. The van der Waals surface area contributed by atoms with Gasteiger partial charge in [0.05, 0.1) is 17.5 Å². The fraction of sp³-hybridized carbons (Fsp3) is 0.538. The molecule has 0 amide bonds. The van der Waals surface area contributed by atoms with E-state index in [0.29, 0.717) is 12.2 Å². The molecule has 1 aliphatic carbocycles. The molecule has 7 heteroatoms. The number of aliphatic carboxylic acids is 1. The van der Waals surface area contributed by atoms with Gasteiger partial charge in [-0.25, -0.2) is 9.97 Å². The Bertz CT molecular complexity index is 639.